The average Bonchev–Trinajstić information content (AvgIpc) is 2.54. The van der Waals surface area contributed by atoms with Crippen molar-refractivity contribution in [1.29, 1.82) is 0 Å². The molecule has 2 aromatic carbocycles. The number of methoxy groups -OCH3 is 1. The van der Waals surface area contributed by atoms with Crippen molar-refractivity contribution in [2.75, 3.05) is 13.7 Å². The van der Waals surface area contributed by atoms with Crippen LogP contribution in [-0.2, 0) is 4.79 Å². The summed E-state index contributed by atoms with van der Waals surface area (Å²) in [5.41, 5.74) is 2.04. The third kappa shape index (κ3) is 4.63. The molecule has 0 radical (unpaired) electrons. The zero-order chi connectivity index (χ0) is 16.8. The van der Waals surface area contributed by atoms with Crippen molar-refractivity contribution in [3.8, 4) is 11.5 Å². The predicted molar refractivity (Wildman–Crippen MR) is 91.2 cm³/mol. The van der Waals surface area contributed by atoms with E-state index < -0.39 is 0 Å². The van der Waals surface area contributed by atoms with Gasteiger partial charge in [0.1, 0.15) is 11.5 Å². The van der Waals surface area contributed by atoms with Gasteiger partial charge in [-0.3, -0.25) is 4.79 Å². The molecule has 0 heterocycles. The number of rotatable bonds is 6. The van der Waals surface area contributed by atoms with E-state index in [4.69, 9.17) is 21.1 Å². The van der Waals surface area contributed by atoms with Gasteiger partial charge in [0.15, 0.2) is 6.61 Å². The fourth-order valence-corrected chi connectivity index (χ4v) is 2.45. The van der Waals surface area contributed by atoms with E-state index in [-0.39, 0.29) is 18.6 Å². The first-order chi connectivity index (χ1) is 11.0. The van der Waals surface area contributed by atoms with Gasteiger partial charge in [-0.05, 0) is 32.0 Å². The molecule has 5 heteroatoms. The highest BCUT2D eigenvalue weighted by Crippen LogP contribution is 2.26. The molecule has 0 aromatic heterocycles. The Morgan fingerprint density at radius 3 is 2.65 bits per heavy atom. The summed E-state index contributed by atoms with van der Waals surface area (Å²) < 4.78 is 10.8. The molecular weight excluding hydrogens is 314 g/mol. The molecule has 0 saturated heterocycles. The number of nitrogens with one attached hydrogen (secondary N) is 1. The zero-order valence-electron chi connectivity index (χ0n) is 13.4. The van der Waals surface area contributed by atoms with Gasteiger partial charge in [0.2, 0.25) is 0 Å². The SMILES string of the molecule is COc1ccc(C)cc1[C@H](C)NC(=O)COc1ccccc1Cl. The number of carbonyl (C=O) groups excluding carboxylic acids is 1. The summed E-state index contributed by atoms with van der Waals surface area (Å²) in [7, 11) is 1.61. The number of amides is 1. The third-order valence-corrected chi connectivity index (χ3v) is 3.74. The molecule has 2 rings (SSSR count). The van der Waals surface area contributed by atoms with Gasteiger partial charge < -0.3 is 14.8 Å². The van der Waals surface area contributed by atoms with Crippen molar-refractivity contribution in [3.63, 3.8) is 0 Å². The smallest absolute Gasteiger partial charge is 0.258 e. The number of hydrogen-bond donors (Lipinski definition) is 1. The number of ether oxygens (including phenoxy) is 2. The molecule has 0 aliphatic heterocycles. The van der Waals surface area contributed by atoms with Crippen LogP contribution < -0.4 is 14.8 Å². The van der Waals surface area contributed by atoms with Crippen molar-refractivity contribution in [1.82, 2.24) is 5.32 Å². The molecule has 0 bridgehead atoms. The van der Waals surface area contributed by atoms with E-state index in [9.17, 15) is 4.79 Å². The standard InChI is InChI=1S/C18H20ClNO3/c1-12-8-9-16(22-3)14(10-12)13(2)20-18(21)11-23-17-7-5-4-6-15(17)19/h4-10,13H,11H2,1-3H3,(H,20,21)/t13-/m0/s1. The lowest BCUT2D eigenvalue weighted by atomic mass is 10.0. The Kier molecular flexibility index (Phi) is 5.88. The quantitative estimate of drug-likeness (QED) is 0.871. The van der Waals surface area contributed by atoms with Crippen LogP contribution in [-0.4, -0.2) is 19.6 Å². The topological polar surface area (TPSA) is 47.6 Å². The highest BCUT2D eigenvalue weighted by atomic mass is 35.5. The van der Waals surface area contributed by atoms with Crippen LogP contribution in [0.1, 0.15) is 24.1 Å². The molecule has 0 aliphatic carbocycles. The van der Waals surface area contributed by atoms with Crippen molar-refractivity contribution in [3.05, 3.63) is 58.6 Å². The maximum Gasteiger partial charge on any atom is 0.258 e. The van der Waals surface area contributed by atoms with Gasteiger partial charge >= 0.3 is 0 Å². The number of para-hydroxylation sites is 1. The summed E-state index contributed by atoms with van der Waals surface area (Å²) in [5.74, 6) is 1.02. The summed E-state index contributed by atoms with van der Waals surface area (Å²) in [6.45, 7) is 3.81. The first-order valence-corrected chi connectivity index (χ1v) is 7.70. The second kappa shape index (κ2) is 7.88. The van der Waals surface area contributed by atoms with Gasteiger partial charge in [-0.2, -0.15) is 0 Å². The molecule has 2 aromatic rings. The Bertz CT molecular complexity index is 688. The predicted octanol–water partition coefficient (Wildman–Crippen LogP) is 3.91. The highest BCUT2D eigenvalue weighted by molar-refractivity contribution is 6.32. The first kappa shape index (κ1) is 17.2. The van der Waals surface area contributed by atoms with Crippen LogP contribution in [0.5, 0.6) is 11.5 Å². The first-order valence-electron chi connectivity index (χ1n) is 7.32. The molecule has 1 amide bonds. The molecule has 0 saturated carbocycles. The van der Waals surface area contributed by atoms with E-state index in [1.165, 1.54) is 0 Å². The van der Waals surface area contributed by atoms with Crippen molar-refractivity contribution in [2.45, 2.75) is 19.9 Å². The number of aryl methyl sites for hydroxylation is 1. The summed E-state index contributed by atoms with van der Waals surface area (Å²) >= 11 is 5.99. The monoisotopic (exact) mass is 333 g/mol. The minimum atomic E-state index is -0.221. The van der Waals surface area contributed by atoms with E-state index in [0.29, 0.717) is 10.8 Å². The van der Waals surface area contributed by atoms with E-state index >= 15 is 0 Å². The maximum atomic E-state index is 12.1. The maximum absolute atomic E-state index is 12.1. The molecule has 1 N–H and O–H groups in total. The second-order valence-corrected chi connectivity index (χ2v) is 5.66. The summed E-state index contributed by atoms with van der Waals surface area (Å²) in [5, 5.41) is 3.38. The van der Waals surface area contributed by atoms with Gasteiger partial charge in [0.05, 0.1) is 18.2 Å². The van der Waals surface area contributed by atoms with Gasteiger partial charge in [-0.1, -0.05) is 41.4 Å². The molecule has 0 spiro atoms. The van der Waals surface area contributed by atoms with Crippen LogP contribution in [0, 0.1) is 6.92 Å². The molecule has 122 valence electrons. The summed E-state index contributed by atoms with van der Waals surface area (Å²) in [6.07, 6.45) is 0. The third-order valence-electron chi connectivity index (χ3n) is 3.42. The van der Waals surface area contributed by atoms with Crippen LogP contribution in [0.2, 0.25) is 5.02 Å². The van der Waals surface area contributed by atoms with E-state index in [2.05, 4.69) is 5.32 Å². The lowest BCUT2D eigenvalue weighted by Gasteiger charge is -2.18. The Morgan fingerprint density at radius 2 is 1.96 bits per heavy atom. The van der Waals surface area contributed by atoms with Gasteiger partial charge in [-0.25, -0.2) is 0 Å². The lowest BCUT2D eigenvalue weighted by Crippen LogP contribution is -2.31. The van der Waals surface area contributed by atoms with Crippen LogP contribution in [0.25, 0.3) is 0 Å². The normalized spacial score (nSPS) is 11.7. The fourth-order valence-electron chi connectivity index (χ4n) is 2.26. The Labute approximate surface area is 141 Å². The highest BCUT2D eigenvalue weighted by Gasteiger charge is 2.15. The molecular formula is C18H20ClNO3. The van der Waals surface area contributed by atoms with Crippen LogP contribution in [0.15, 0.2) is 42.5 Å². The minimum absolute atomic E-state index is 0.0950. The molecule has 0 aliphatic rings. The van der Waals surface area contributed by atoms with Gasteiger partial charge in [-0.15, -0.1) is 0 Å². The molecule has 0 unspecified atom stereocenters. The summed E-state index contributed by atoms with van der Waals surface area (Å²) in [4.78, 5) is 12.1. The minimum Gasteiger partial charge on any atom is -0.496 e. The number of benzene rings is 2. The van der Waals surface area contributed by atoms with Gasteiger partial charge in [0, 0.05) is 5.56 Å². The molecule has 1 atom stereocenters. The Hall–Kier alpha value is -2.20. The van der Waals surface area contributed by atoms with E-state index in [1.54, 1.807) is 31.4 Å². The van der Waals surface area contributed by atoms with Crippen molar-refractivity contribution >= 4 is 17.5 Å². The largest absolute Gasteiger partial charge is 0.496 e. The van der Waals surface area contributed by atoms with Crippen LogP contribution in [0.4, 0.5) is 0 Å². The zero-order valence-corrected chi connectivity index (χ0v) is 14.2. The fraction of sp³-hybridized carbons (Fsp3) is 0.278. The second-order valence-electron chi connectivity index (χ2n) is 5.25. The Balaban J connectivity index is 1.97. The number of halogens is 1. The number of hydrogen-bond acceptors (Lipinski definition) is 3. The van der Waals surface area contributed by atoms with Crippen LogP contribution in [0.3, 0.4) is 0 Å². The van der Waals surface area contributed by atoms with E-state index in [0.717, 1.165) is 16.9 Å². The number of carbonyl (C=O) groups is 1. The lowest BCUT2D eigenvalue weighted by molar-refractivity contribution is -0.123. The molecule has 23 heavy (non-hydrogen) atoms. The molecule has 0 fully saturated rings. The van der Waals surface area contributed by atoms with Crippen molar-refractivity contribution in [2.24, 2.45) is 0 Å². The van der Waals surface area contributed by atoms with E-state index in [1.807, 2.05) is 32.0 Å². The van der Waals surface area contributed by atoms with Crippen LogP contribution >= 0.6 is 11.6 Å². The van der Waals surface area contributed by atoms with Crippen molar-refractivity contribution < 1.29 is 14.3 Å². The Morgan fingerprint density at radius 1 is 1.22 bits per heavy atom. The molecule has 4 nitrogen and oxygen atoms in total. The van der Waals surface area contributed by atoms with Gasteiger partial charge in [0.25, 0.3) is 5.91 Å². The average molecular weight is 334 g/mol. The summed E-state index contributed by atoms with van der Waals surface area (Å²) in [6, 6.07) is 12.7.